The van der Waals surface area contributed by atoms with E-state index in [-0.39, 0.29) is 25.2 Å². The van der Waals surface area contributed by atoms with Crippen molar-refractivity contribution in [3.05, 3.63) is 65.7 Å². The second-order valence-electron chi connectivity index (χ2n) is 7.31. The van der Waals surface area contributed by atoms with Gasteiger partial charge in [0.2, 0.25) is 0 Å². The molecule has 2 N–H and O–H groups in total. The zero-order chi connectivity index (χ0) is 20.5. The van der Waals surface area contributed by atoms with Crippen molar-refractivity contribution in [3.63, 3.8) is 0 Å². The molecule has 0 fully saturated rings. The van der Waals surface area contributed by atoms with Gasteiger partial charge in [-0.25, -0.2) is 9.37 Å². The molecule has 0 saturated carbocycles. The first-order valence-electron chi connectivity index (χ1n) is 9.58. The molecular weight excluding hydrogens is 403 g/mol. The molecule has 1 aliphatic heterocycles. The van der Waals surface area contributed by atoms with Crippen LogP contribution >= 0.6 is 13.5 Å². The summed E-state index contributed by atoms with van der Waals surface area (Å²) < 4.78 is 15.5. The molecule has 0 aliphatic carbocycles. The fraction of sp³-hybridized carbons (Fsp3) is 0.273. The van der Waals surface area contributed by atoms with Crippen molar-refractivity contribution >= 4 is 30.9 Å². The number of carbonyl (C=O) groups excluding carboxylic acids is 1. The summed E-state index contributed by atoms with van der Waals surface area (Å²) in [5, 5.41) is 13.1. The maximum absolute atomic E-state index is 13.4. The van der Waals surface area contributed by atoms with Gasteiger partial charge in [0, 0.05) is 24.3 Å². The van der Waals surface area contributed by atoms with Crippen LogP contribution in [0.4, 0.5) is 15.9 Å². The lowest BCUT2D eigenvalue weighted by Gasteiger charge is -2.29. The van der Waals surface area contributed by atoms with E-state index in [1.807, 2.05) is 35.8 Å². The fourth-order valence-electron chi connectivity index (χ4n) is 3.49. The van der Waals surface area contributed by atoms with Crippen LogP contribution < -0.4 is 5.32 Å². The van der Waals surface area contributed by atoms with E-state index in [0.717, 1.165) is 28.5 Å². The van der Waals surface area contributed by atoms with E-state index in [4.69, 9.17) is 4.98 Å². The lowest BCUT2D eigenvalue weighted by Crippen LogP contribution is -2.42. The summed E-state index contributed by atoms with van der Waals surface area (Å²) in [6.07, 6.45) is -1.04. The van der Waals surface area contributed by atoms with Gasteiger partial charge in [-0.3, -0.25) is 4.79 Å². The Labute approximate surface area is 181 Å². The molecule has 0 bridgehead atoms. The molecule has 1 amide bonds. The lowest BCUT2D eigenvalue weighted by molar-refractivity contribution is -0.140. The van der Waals surface area contributed by atoms with Crippen LogP contribution in [-0.2, 0) is 17.9 Å². The van der Waals surface area contributed by atoms with Crippen LogP contribution in [0.25, 0.3) is 11.3 Å². The Kier molecular flexibility index (Phi) is 6.48. The molecule has 158 valence electrons. The molecule has 2 aromatic carbocycles. The number of nitrogens with zero attached hydrogens (tertiary/aromatic N) is 3. The molecule has 0 radical (unpaired) electrons. The van der Waals surface area contributed by atoms with E-state index >= 15 is 0 Å². The Balaban J connectivity index is 0.00000256. The molecule has 1 aromatic heterocycles. The quantitative estimate of drug-likeness (QED) is 0.667. The molecular formula is C22H25FN4O2S. The normalized spacial score (nSPS) is 13.9. The summed E-state index contributed by atoms with van der Waals surface area (Å²) >= 11 is 0. The molecule has 1 atom stereocenters. The number of aliphatic hydroxyl groups is 1. The molecule has 4 rings (SSSR count). The van der Waals surface area contributed by atoms with Crippen LogP contribution in [-0.4, -0.2) is 38.1 Å². The number of aliphatic hydroxyl groups excluding tert-OH is 1. The Morgan fingerprint density at radius 1 is 1.13 bits per heavy atom. The summed E-state index contributed by atoms with van der Waals surface area (Å²) in [7, 11) is 0. The summed E-state index contributed by atoms with van der Waals surface area (Å²) in [6, 6.07) is 14.3. The monoisotopic (exact) mass is 428 g/mol. The summed E-state index contributed by atoms with van der Waals surface area (Å²) in [5.74, 6) is 0.911. The van der Waals surface area contributed by atoms with Gasteiger partial charge < -0.3 is 19.9 Å². The predicted octanol–water partition coefficient (Wildman–Crippen LogP) is 3.58. The maximum Gasteiger partial charge on any atom is 0.251 e. The second kappa shape index (κ2) is 8.89. The van der Waals surface area contributed by atoms with Crippen molar-refractivity contribution in [1.82, 2.24) is 14.5 Å². The second-order valence-corrected chi connectivity index (χ2v) is 7.31. The first-order chi connectivity index (χ1) is 13.9. The Bertz CT molecular complexity index is 1030. The number of fused-ring (bicyclic) bond motifs is 1. The Morgan fingerprint density at radius 2 is 1.80 bits per heavy atom. The molecule has 6 nitrogen and oxygen atoms in total. The molecule has 0 saturated heterocycles. The van der Waals surface area contributed by atoms with Crippen LogP contribution in [0.1, 0.15) is 18.3 Å². The number of anilines is 2. The number of amides is 1. The van der Waals surface area contributed by atoms with Gasteiger partial charge in [0.15, 0.2) is 0 Å². The molecule has 0 unspecified atom stereocenters. The third kappa shape index (κ3) is 4.34. The zero-order valence-corrected chi connectivity index (χ0v) is 17.9. The van der Waals surface area contributed by atoms with Gasteiger partial charge in [-0.2, -0.15) is 13.5 Å². The maximum atomic E-state index is 13.4. The van der Waals surface area contributed by atoms with Gasteiger partial charge in [-0.15, -0.1) is 0 Å². The molecule has 8 heteroatoms. The molecule has 0 spiro atoms. The van der Waals surface area contributed by atoms with Crippen LogP contribution in [0.2, 0.25) is 0 Å². The third-order valence-corrected chi connectivity index (χ3v) is 5.07. The number of hydrogen-bond donors (Lipinski definition) is 2. The van der Waals surface area contributed by atoms with Gasteiger partial charge in [0.1, 0.15) is 29.3 Å². The smallest absolute Gasteiger partial charge is 0.251 e. The molecule has 30 heavy (non-hydrogen) atoms. The van der Waals surface area contributed by atoms with Crippen molar-refractivity contribution in [3.8, 4) is 11.3 Å². The number of carbonyl (C=O) groups is 1. The van der Waals surface area contributed by atoms with Crippen molar-refractivity contribution in [2.24, 2.45) is 0 Å². The highest BCUT2D eigenvalue weighted by atomic mass is 32.1. The number of aryl methyl sites for hydroxylation is 1. The van der Waals surface area contributed by atoms with Crippen molar-refractivity contribution in [2.45, 2.75) is 33.0 Å². The van der Waals surface area contributed by atoms with Gasteiger partial charge in [0.25, 0.3) is 5.91 Å². The number of imidazole rings is 1. The minimum atomic E-state index is -1.04. The molecule has 2 heterocycles. The first-order valence-corrected chi connectivity index (χ1v) is 9.58. The third-order valence-electron chi connectivity index (χ3n) is 5.07. The average Bonchev–Trinajstić information content (AvgIpc) is 3.07. The van der Waals surface area contributed by atoms with Gasteiger partial charge in [-0.05, 0) is 50.2 Å². The van der Waals surface area contributed by atoms with Gasteiger partial charge in [-0.1, -0.05) is 17.7 Å². The molecule has 3 aromatic rings. The van der Waals surface area contributed by atoms with Crippen molar-refractivity contribution in [1.29, 1.82) is 0 Å². The summed E-state index contributed by atoms with van der Waals surface area (Å²) in [4.78, 5) is 18.6. The van der Waals surface area contributed by atoms with E-state index in [1.54, 1.807) is 17.0 Å². The fourth-order valence-corrected chi connectivity index (χ4v) is 3.49. The zero-order valence-electron chi connectivity index (χ0n) is 16.9. The number of benzene rings is 2. The highest BCUT2D eigenvalue weighted by Gasteiger charge is 2.28. The first kappa shape index (κ1) is 21.9. The number of nitrogens with one attached hydrogen (secondary N) is 1. The number of aromatic nitrogens is 2. The van der Waals surface area contributed by atoms with Crippen molar-refractivity contribution in [2.75, 3.05) is 11.9 Å². The SMILES string of the molecule is Cc1ccc(Nc2c(-c3ccc(F)cc3)nc3n2CCN(C(=O)[C@H](C)O)C3)cc1.S. The number of hydrogen-bond acceptors (Lipinski definition) is 4. The number of halogens is 1. The van der Waals surface area contributed by atoms with E-state index in [2.05, 4.69) is 5.32 Å². The van der Waals surface area contributed by atoms with Gasteiger partial charge >= 0.3 is 0 Å². The standard InChI is InChI=1S/C22H23FN4O2.H2S/c1-14-3-9-18(10-4-14)24-21-20(16-5-7-17(23)8-6-16)25-19-13-26(11-12-27(19)21)22(29)15(2)28;/h3-10,15,24,28H,11-13H2,1-2H3;1H2/t15-;/m0./s1. The van der Waals surface area contributed by atoms with E-state index in [1.165, 1.54) is 19.1 Å². The van der Waals surface area contributed by atoms with Crippen LogP contribution in [0.3, 0.4) is 0 Å². The van der Waals surface area contributed by atoms with Crippen LogP contribution in [0, 0.1) is 12.7 Å². The topological polar surface area (TPSA) is 70.4 Å². The highest BCUT2D eigenvalue weighted by molar-refractivity contribution is 7.59. The minimum absolute atomic E-state index is 0. The Morgan fingerprint density at radius 3 is 2.43 bits per heavy atom. The largest absolute Gasteiger partial charge is 0.384 e. The van der Waals surface area contributed by atoms with Crippen LogP contribution in [0.15, 0.2) is 48.5 Å². The highest BCUT2D eigenvalue weighted by Crippen LogP contribution is 2.33. The molecule has 1 aliphatic rings. The summed E-state index contributed by atoms with van der Waals surface area (Å²) in [5.41, 5.74) is 3.57. The predicted molar refractivity (Wildman–Crippen MR) is 120 cm³/mol. The van der Waals surface area contributed by atoms with Gasteiger partial charge in [0.05, 0.1) is 6.54 Å². The van der Waals surface area contributed by atoms with E-state index < -0.39 is 6.10 Å². The number of rotatable bonds is 4. The lowest BCUT2D eigenvalue weighted by atomic mass is 10.1. The van der Waals surface area contributed by atoms with Crippen molar-refractivity contribution < 1.29 is 14.3 Å². The average molecular weight is 429 g/mol. The van der Waals surface area contributed by atoms with E-state index in [9.17, 15) is 14.3 Å². The minimum Gasteiger partial charge on any atom is -0.384 e. The van der Waals surface area contributed by atoms with E-state index in [0.29, 0.717) is 25.3 Å². The summed E-state index contributed by atoms with van der Waals surface area (Å²) in [6.45, 7) is 4.85. The van der Waals surface area contributed by atoms with Crippen LogP contribution in [0.5, 0.6) is 0 Å². The Hall–Kier alpha value is -2.84.